The average molecular weight is 409 g/mol. The van der Waals surface area contributed by atoms with Crippen molar-refractivity contribution in [3.63, 3.8) is 0 Å². The quantitative estimate of drug-likeness (QED) is 0.500. The first-order valence-corrected chi connectivity index (χ1v) is 11.5. The topological polar surface area (TPSA) is 61.4 Å². The van der Waals surface area contributed by atoms with E-state index in [2.05, 4.69) is 22.8 Å². The number of rotatable bonds is 6. The summed E-state index contributed by atoms with van der Waals surface area (Å²) in [7, 11) is 0. The highest BCUT2D eigenvalue weighted by Crippen LogP contribution is 2.22. The van der Waals surface area contributed by atoms with E-state index in [9.17, 15) is 4.79 Å². The molecule has 2 aliphatic carbocycles. The van der Waals surface area contributed by atoms with Crippen molar-refractivity contribution < 1.29 is 9.90 Å². The Kier molecular flexibility index (Phi) is 9.23. The van der Waals surface area contributed by atoms with Gasteiger partial charge in [0, 0.05) is 29.0 Å². The maximum atomic E-state index is 10.5. The number of carbonyl (C=O) groups excluding carboxylic acids is 1. The van der Waals surface area contributed by atoms with Crippen LogP contribution >= 0.6 is 0 Å². The standard InChI is InChI=1S/C13H19NO.C13H17NO/c2*15-10-11-6-8-13(9-7-11)14-12-4-2-1-3-5-12/h6-9,12,14-15H,1-5,10H2;6-10,12,14H,1-5H2. The van der Waals surface area contributed by atoms with Gasteiger partial charge in [-0.05, 0) is 67.6 Å². The molecule has 0 unspecified atom stereocenters. The Labute approximate surface area is 181 Å². The Morgan fingerprint density at radius 1 is 0.700 bits per heavy atom. The number of nitrogens with one attached hydrogen (secondary N) is 2. The Morgan fingerprint density at radius 3 is 1.53 bits per heavy atom. The fourth-order valence-electron chi connectivity index (χ4n) is 4.33. The molecule has 0 amide bonds. The molecule has 4 nitrogen and oxygen atoms in total. The molecule has 2 aliphatic rings. The van der Waals surface area contributed by atoms with E-state index in [1.807, 2.05) is 36.4 Å². The van der Waals surface area contributed by atoms with Gasteiger partial charge >= 0.3 is 0 Å². The van der Waals surface area contributed by atoms with Gasteiger partial charge in [0.25, 0.3) is 0 Å². The first kappa shape index (κ1) is 22.4. The zero-order chi connectivity index (χ0) is 21.0. The molecule has 30 heavy (non-hydrogen) atoms. The molecule has 4 heteroatoms. The third-order valence-electron chi connectivity index (χ3n) is 6.14. The van der Waals surface area contributed by atoms with Gasteiger partial charge in [0.15, 0.2) is 0 Å². The third-order valence-corrected chi connectivity index (χ3v) is 6.14. The molecular formula is C26H36N2O2. The van der Waals surface area contributed by atoms with Crippen molar-refractivity contribution in [3.05, 3.63) is 59.7 Å². The summed E-state index contributed by atoms with van der Waals surface area (Å²) < 4.78 is 0. The Hall–Kier alpha value is -2.33. The lowest BCUT2D eigenvalue weighted by Gasteiger charge is -2.23. The van der Waals surface area contributed by atoms with Gasteiger partial charge in [-0.25, -0.2) is 0 Å². The number of hydrogen-bond acceptors (Lipinski definition) is 4. The zero-order valence-corrected chi connectivity index (χ0v) is 18.0. The van der Waals surface area contributed by atoms with Gasteiger partial charge in [-0.1, -0.05) is 50.7 Å². The van der Waals surface area contributed by atoms with Gasteiger partial charge in [-0.3, -0.25) is 4.79 Å². The summed E-state index contributed by atoms with van der Waals surface area (Å²) in [5.74, 6) is 0. The summed E-state index contributed by atoms with van der Waals surface area (Å²) in [6.45, 7) is 0.129. The summed E-state index contributed by atoms with van der Waals surface area (Å²) in [6, 6.07) is 17.0. The number of aldehydes is 1. The van der Waals surface area contributed by atoms with E-state index in [1.54, 1.807) is 0 Å². The lowest BCUT2D eigenvalue weighted by atomic mass is 9.95. The van der Waals surface area contributed by atoms with Crippen molar-refractivity contribution in [1.29, 1.82) is 0 Å². The van der Waals surface area contributed by atoms with Crippen LogP contribution in [0.5, 0.6) is 0 Å². The van der Waals surface area contributed by atoms with Gasteiger partial charge in [0.1, 0.15) is 6.29 Å². The first-order chi connectivity index (χ1) is 14.8. The smallest absolute Gasteiger partial charge is 0.150 e. The average Bonchev–Trinajstić information content (AvgIpc) is 2.82. The van der Waals surface area contributed by atoms with E-state index < -0.39 is 0 Å². The minimum absolute atomic E-state index is 0.129. The van der Waals surface area contributed by atoms with Crippen molar-refractivity contribution in [1.82, 2.24) is 0 Å². The van der Waals surface area contributed by atoms with E-state index in [4.69, 9.17) is 5.11 Å². The lowest BCUT2D eigenvalue weighted by Crippen LogP contribution is -2.22. The Morgan fingerprint density at radius 2 is 1.13 bits per heavy atom. The molecule has 162 valence electrons. The first-order valence-electron chi connectivity index (χ1n) is 11.5. The Balaban J connectivity index is 0.000000171. The number of aliphatic hydroxyl groups is 1. The molecule has 2 saturated carbocycles. The number of carbonyl (C=O) groups is 1. The molecule has 0 bridgehead atoms. The van der Waals surface area contributed by atoms with Crippen molar-refractivity contribution in [2.45, 2.75) is 82.9 Å². The minimum Gasteiger partial charge on any atom is -0.392 e. The second-order valence-electron chi connectivity index (χ2n) is 8.55. The fourth-order valence-corrected chi connectivity index (χ4v) is 4.33. The summed E-state index contributed by atoms with van der Waals surface area (Å²) in [4.78, 5) is 10.5. The molecule has 0 atom stereocenters. The minimum atomic E-state index is 0.129. The summed E-state index contributed by atoms with van der Waals surface area (Å²) in [5.41, 5.74) is 4.03. The second-order valence-corrected chi connectivity index (χ2v) is 8.55. The van der Waals surface area contributed by atoms with Crippen molar-refractivity contribution in [2.24, 2.45) is 0 Å². The highest BCUT2D eigenvalue weighted by atomic mass is 16.3. The lowest BCUT2D eigenvalue weighted by molar-refractivity contribution is 0.112. The molecule has 2 aromatic carbocycles. The van der Waals surface area contributed by atoms with Crippen LogP contribution in [0.3, 0.4) is 0 Å². The SMILES string of the molecule is O=Cc1ccc(NC2CCCCC2)cc1.OCc1ccc(NC2CCCCC2)cc1. The van der Waals surface area contributed by atoms with E-state index in [0.717, 1.165) is 23.1 Å². The van der Waals surface area contributed by atoms with Crippen molar-refractivity contribution in [2.75, 3.05) is 10.6 Å². The largest absolute Gasteiger partial charge is 0.392 e. The van der Waals surface area contributed by atoms with Gasteiger partial charge < -0.3 is 15.7 Å². The number of benzene rings is 2. The van der Waals surface area contributed by atoms with Crippen LogP contribution in [0.25, 0.3) is 0 Å². The van der Waals surface area contributed by atoms with Crippen molar-refractivity contribution >= 4 is 17.7 Å². The molecule has 0 aromatic heterocycles. The van der Waals surface area contributed by atoms with Crippen LogP contribution in [0, 0.1) is 0 Å². The third kappa shape index (κ3) is 7.49. The van der Waals surface area contributed by atoms with Crippen LogP contribution in [0.15, 0.2) is 48.5 Å². The highest BCUT2D eigenvalue weighted by molar-refractivity contribution is 5.75. The van der Waals surface area contributed by atoms with Gasteiger partial charge in [0.2, 0.25) is 0 Å². The van der Waals surface area contributed by atoms with Crippen LogP contribution in [-0.4, -0.2) is 23.5 Å². The van der Waals surface area contributed by atoms with E-state index >= 15 is 0 Å². The normalized spacial score (nSPS) is 17.5. The van der Waals surface area contributed by atoms with Crippen LogP contribution in [0.2, 0.25) is 0 Å². The fraction of sp³-hybridized carbons (Fsp3) is 0.500. The predicted octanol–water partition coefficient (Wildman–Crippen LogP) is 6.17. The van der Waals surface area contributed by atoms with Gasteiger partial charge in [0.05, 0.1) is 6.61 Å². The molecule has 0 aliphatic heterocycles. The van der Waals surface area contributed by atoms with Crippen LogP contribution in [-0.2, 0) is 6.61 Å². The monoisotopic (exact) mass is 408 g/mol. The molecule has 0 spiro atoms. The van der Waals surface area contributed by atoms with E-state index in [1.165, 1.54) is 69.9 Å². The number of hydrogen-bond donors (Lipinski definition) is 3. The maximum Gasteiger partial charge on any atom is 0.150 e. The maximum absolute atomic E-state index is 10.5. The van der Waals surface area contributed by atoms with E-state index in [0.29, 0.717) is 12.1 Å². The molecule has 0 heterocycles. The van der Waals surface area contributed by atoms with Crippen molar-refractivity contribution in [3.8, 4) is 0 Å². The number of aliphatic hydroxyl groups excluding tert-OH is 1. The summed E-state index contributed by atoms with van der Waals surface area (Å²) >= 11 is 0. The second kappa shape index (κ2) is 12.4. The number of anilines is 2. The van der Waals surface area contributed by atoms with Crippen LogP contribution < -0.4 is 10.6 Å². The van der Waals surface area contributed by atoms with Crippen LogP contribution in [0.1, 0.15) is 80.1 Å². The van der Waals surface area contributed by atoms with Gasteiger partial charge in [-0.15, -0.1) is 0 Å². The Bertz CT molecular complexity index is 731. The molecule has 0 saturated heterocycles. The molecule has 2 fully saturated rings. The molecule has 3 N–H and O–H groups in total. The predicted molar refractivity (Wildman–Crippen MR) is 125 cm³/mol. The van der Waals surface area contributed by atoms with Crippen LogP contribution in [0.4, 0.5) is 11.4 Å². The zero-order valence-electron chi connectivity index (χ0n) is 18.0. The molecular weight excluding hydrogens is 372 g/mol. The molecule has 2 aromatic rings. The highest BCUT2D eigenvalue weighted by Gasteiger charge is 2.13. The summed E-state index contributed by atoms with van der Waals surface area (Å²) in [5, 5.41) is 16.0. The van der Waals surface area contributed by atoms with E-state index in [-0.39, 0.29) is 6.61 Å². The summed E-state index contributed by atoms with van der Waals surface area (Å²) in [6.07, 6.45) is 14.2. The molecule has 0 radical (unpaired) electrons. The van der Waals surface area contributed by atoms with Gasteiger partial charge in [-0.2, -0.15) is 0 Å². The molecule has 4 rings (SSSR count).